The Morgan fingerprint density at radius 1 is 1.35 bits per heavy atom. The minimum atomic E-state index is -0.692. The first-order chi connectivity index (χ1) is 8.22. The highest BCUT2D eigenvalue weighted by molar-refractivity contribution is 7.86. The van der Waals surface area contributed by atoms with Gasteiger partial charge in [-0.1, -0.05) is 6.92 Å². The van der Waals surface area contributed by atoms with Crippen LogP contribution in [0.1, 0.15) is 46.0 Å². The smallest absolute Gasteiger partial charge is 0.0691 e. The molecule has 1 aliphatic heterocycles. The Morgan fingerprint density at radius 2 is 2.18 bits per heavy atom. The lowest BCUT2D eigenvalue weighted by Gasteiger charge is -2.19. The summed E-state index contributed by atoms with van der Waals surface area (Å²) >= 11 is 0. The van der Waals surface area contributed by atoms with Crippen LogP contribution in [0, 0.1) is 0 Å². The molecule has 0 amide bonds. The lowest BCUT2D eigenvalue weighted by Crippen LogP contribution is -2.32. The summed E-state index contributed by atoms with van der Waals surface area (Å²) in [6, 6.07) is 0.599. The number of hydrogen-bond acceptors (Lipinski definition) is 3. The van der Waals surface area contributed by atoms with Crippen LogP contribution in [-0.2, 0) is 15.5 Å². The SMILES string of the molecule is CCCNC1CCC(S(=O)C2CCOC2C)C1. The van der Waals surface area contributed by atoms with Gasteiger partial charge in [-0.2, -0.15) is 0 Å². The van der Waals surface area contributed by atoms with Crippen LogP contribution in [0.3, 0.4) is 0 Å². The second-order valence-electron chi connectivity index (χ2n) is 5.32. The Labute approximate surface area is 107 Å². The molecule has 0 aromatic heterocycles. The summed E-state index contributed by atoms with van der Waals surface area (Å²) in [7, 11) is -0.692. The maximum Gasteiger partial charge on any atom is 0.0691 e. The Morgan fingerprint density at radius 3 is 2.82 bits per heavy atom. The van der Waals surface area contributed by atoms with Crippen molar-refractivity contribution in [1.29, 1.82) is 0 Å². The third kappa shape index (κ3) is 3.30. The van der Waals surface area contributed by atoms with Gasteiger partial charge >= 0.3 is 0 Å². The average Bonchev–Trinajstić information content (AvgIpc) is 2.94. The molecule has 1 aliphatic carbocycles. The molecule has 1 N–H and O–H groups in total. The van der Waals surface area contributed by atoms with E-state index in [1.165, 1.54) is 12.8 Å². The number of hydrogen-bond donors (Lipinski definition) is 1. The molecule has 0 radical (unpaired) electrons. The predicted molar refractivity (Wildman–Crippen MR) is 71.7 cm³/mol. The van der Waals surface area contributed by atoms with E-state index in [1.54, 1.807) is 0 Å². The monoisotopic (exact) mass is 259 g/mol. The van der Waals surface area contributed by atoms with Gasteiger partial charge in [0.15, 0.2) is 0 Å². The van der Waals surface area contributed by atoms with Crippen LogP contribution in [0.25, 0.3) is 0 Å². The second kappa shape index (κ2) is 6.30. The van der Waals surface area contributed by atoms with Gasteiger partial charge in [-0.15, -0.1) is 0 Å². The van der Waals surface area contributed by atoms with Crippen LogP contribution in [0.15, 0.2) is 0 Å². The summed E-state index contributed by atoms with van der Waals surface area (Å²) in [6.07, 6.45) is 5.76. The van der Waals surface area contributed by atoms with Crippen molar-refractivity contribution in [1.82, 2.24) is 5.32 Å². The maximum atomic E-state index is 12.5. The molecule has 0 aromatic carbocycles. The van der Waals surface area contributed by atoms with Crippen LogP contribution in [-0.4, -0.2) is 40.0 Å². The molecule has 3 nitrogen and oxygen atoms in total. The molecular formula is C13H25NO2S. The first-order valence-corrected chi connectivity index (χ1v) is 8.24. The Kier molecular flexibility index (Phi) is 5.00. The third-order valence-corrected chi connectivity index (χ3v) is 6.30. The highest BCUT2D eigenvalue weighted by Crippen LogP contribution is 2.30. The summed E-state index contributed by atoms with van der Waals surface area (Å²) in [5, 5.41) is 4.24. The van der Waals surface area contributed by atoms with Crippen LogP contribution in [0.4, 0.5) is 0 Å². The summed E-state index contributed by atoms with van der Waals surface area (Å²) in [6.45, 7) is 6.14. The fraction of sp³-hybridized carbons (Fsp3) is 1.00. The van der Waals surface area contributed by atoms with E-state index < -0.39 is 10.8 Å². The van der Waals surface area contributed by atoms with Crippen LogP contribution >= 0.6 is 0 Å². The summed E-state index contributed by atoms with van der Waals surface area (Å²) < 4.78 is 18.0. The molecule has 1 heterocycles. The van der Waals surface area contributed by atoms with Gasteiger partial charge in [-0.05, 0) is 45.6 Å². The molecule has 4 heteroatoms. The van der Waals surface area contributed by atoms with Gasteiger partial charge < -0.3 is 10.1 Å². The van der Waals surface area contributed by atoms with Crippen LogP contribution in [0.5, 0.6) is 0 Å². The predicted octanol–water partition coefficient (Wildman–Crippen LogP) is 1.83. The Hall–Kier alpha value is 0.0700. The molecule has 2 fully saturated rings. The normalized spacial score (nSPS) is 39.6. The van der Waals surface area contributed by atoms with E-state index in [9.17, 15) is 4.21 Å². The lowest BCUT2D eigenvalue weighted by atomic mass is 10.2. The van der Waals surface area contributed by atoms with E-state index in [0.717, 1.165) is 32.4 Å². The quantitative estimate of drug-likeness (QED) is 0.818. The molecule has 2 rings (SSSR count). The van der Waals surface area contributed by atoms with Gasteiger partial charge in [0.25, 0.3) is 0 Å². The molecule has 2 aliphatic rings. The highest BCUT2D eigenvalue weighted by Gasteiger charge is 2.37. The summed E-state index contributed by atoms with van der Waals surface area (Å²) in [4.78, 5) is 0. The molecule has 5 atom stereocenters. The van der Waals surface area contributed by atoms with Crippen LogP contribution < -0.4 is 5.32 Å². The number of nitrogens with one attached hydrogen (secondary N) is 1. The first kappa shape index (κ1) is 13.5. The zero-order chi connectivity index (χ0) is 12.3. The van der Waals surface area contributed by atoms with Crippen molar-refractivity contribution in [3.63, 3.8) is 0 Å². The average molecular weight is 259 g/mol. The minimum Gasteiger partial charge on any atom is -0.377 e. The van der Waals surface area contributed by atoms with E-state index in [4.69, 9.17) is 4.74 Å². The van der Waals surface area contributed by atoms with Crippen molar-refractivity contribution in [3.05, 3.63) is 0 Å². The zero-order valence-corrected chi connectivity index (χ0v) is 11.8. The van der Waals surface area contributed by atoms with Gasteiger partial charge in [-0.3, -0.25) is 4.21 Å². The van der Waals surface area contributed by atoms with Crippen LogP contribution in [0.2, 0.25) is 0 Å². The topological polar surface area (TPSA) is 38.3 Å². The Bertz CT molecular complexity index is 272. The maximum absolute atomic E-state index is 12.5. The Balaban J connectivity index is 1.81. The van der Waals surface area contributed by atoms with Gasteiger partial charge in [-0.25, -0.2) is 0 Å². The molecule has 0 bridgehead atoms. The fourth-order valence-electron chi connectivity index (χ4n) is 2.95. The molecule has 1 saturated carbocycles. The van der Waals surface area contributed by atoms with E-state index in [2.05, 4.69) is 19.2 Å². The lowest BCUT2D eigenvalue weighted by molar-refractivity contribution is 0.126. The number of ether oxygens (including phenoxy) is 1. The second-order valence-corrected chi connectivity index (χ2v) is 7.25. The standard InChI is InChI=1S/C13H25NO2S/c1-3-7-14-11-4-5-12(9-11)17(15)13-6-8-16-10(13)2/h10-14H,3-9H2,1-2H3. The van der Waals surface area contributed by atoms with Crippen molar-refractivity contribution in [2.24, 2.45) is 0 Å². The van der Waals surface area contributed by atoms with E-state index >= 15 is 0 Å². The third-order valence-electron chi connectivity index (χ3n) is 4.00. The van der Waals surface area contributed by atoms with Crippen molar-refractivity contribution in [2.75, 3.05) is 13.2 Å². The molecule has 0 spiro atoms. The van der Waals surface area contributed by atoms with Crippen molar-refractivity contribution < 1.29 is 8.95 Å². The zero-order valence-electron chi connectivity index (χ0n) is 11.0. The summed E-state index contributed by atoms with van der Waals surface area (Å²) in [5.74, 6) is 0. The minimum absolute atomic E-state index is 0.193. The van der Waals surface area contributed by atoms with E-state index in [1.807, 2.05) is 0 Å². The van der Waals surface area contributed by atoms with Gasteiger partial charge in [0, 0.05) is 28.7 Å². The van der Waals surface area contributed by atoms with Crippen molar-refractivity contribution >= 4 is 10.8 Å². The molecule has 1 saturated heterocycles. The van der Waals surface area contributed by atoms with Gasteiger partial charge in [0.05, 0.1) is 11.4 Å². The number of rotatable bonds is 5. The largest absolute Gasteiger partial charge is 0.377 e. The fourth-order valence-corrected chi connectivity index (χ4v) is 5.02. The van der Waals surface area contributed by atoms with Gasteiger partial charge in [0.1, 0.15) is 0 Å². The van der Waals surface area contributed by atoms with E-state index in [-0.39, 0.29) is 11.4 Å². The molecule has 5 unspecified atom stereocenters. The first-order valence-electron chi connectivity index (χ1n) is 6.96. The molecule has 17 heavy (non-hydrogen) atoms. The van der Waals surface area contributed by atoms with Gasteiger partial charge in [0.2, 0.25) is 0 Å². The molecule has 100 valence electrons. The van der Waals surface area contributed by atoms with E-state index in [0.29, 0.717) is 11.3 Å². The summed E-state index contributed by atoms with van der Waals surface area (Å²) in [5.41, 5.74) is 0. The molecular weight excluding hydrogens is 234 g/mol. The molecule has 0 aromatic rings. The van der Waals surface area contributed by atoms with Crippen molar-refractivity contribution in [3.8, 4) is 0 Å². The highest BCUT2D eigenvalue weighted by atomic mass is 32.2. The van der Waals surface area contributed by atoms with Crippen molar-refractivity contribution in [2.45, 2.75) is 68.6 Å².